The van der Waals surface area contributed by atoms with E-state index in [2.05, 4.69) is 25.6 Å². The van der Waals surface area contributed by atoms with Gasteiger partial charge in [0.2, 0.25) is 0 Å². The highest BCUT2D eigenvalue weighted by atomic mass is 16.3. The lowest BCUT2D eigenvalue weighted by molar-refractivity contribution is 0.0952. The first-order valence-electron chi connectivity index (χ1n) is 13.8. The van der Waals surface area contributed by atoms with Crippen LogP contribution >= 0.6 is 0 Å². The third-order valence-corrected chi connectivity index (χ3v) is 7.15. The average Bonchev–Trinajstić information content (AvgIpc) is 3.01. The number of benzene rings is 3. The van der Waals surface area contributed by atoms with E-state index in [1.807, 2.05) is 73.7 Å². The molecule has 1 aliphatic rings. The minimum atomic E-state index is -0.248. The summed E-state index contributed by atoms with van der Waals surface area (Å²) in [4.78, 5) is 24.9. The van der Waals surface area contributed by atoms with Crippen molar-refractivity contribution in [3.05, 3.63) is 95.3 Å². The summed E-state index contributed by atoms with van der Waals surface area (Å²) < 4.78 is 0. The molecule has 0 spiro atoms. The van der Waals surface area contributed by atoms with Crippen molar-refractivity contribution in [3.63, 3.8) is 0 Å². The average molecular weight is 552 g/mol. The molecule has 1 saturated carbocycles. The van der Waals surface area contributed by atoms with Crippen LogP contribution in [0.4, 0.5) is 11.6 Å². The molecule has 1 aromatic heterocycles. The molecule has 4 aromatic rings. The van der Waals surface area contributed by atoms with E-state index < -0.39 is 0 Å². The van der Waals surface area contributed by atoms with E-state index in [0.29, 0.717) is 29.1 Å². The Bertz CT molecular complexity index is 1500. The number of hydrogen-bond acceptors (Lipinski definition) is 8. The van der Waals surface area contributed by atoms with Gasteiger partial charge in [0.1, 0.15) is 18.0 Å². The number of amides is 1. The first kappa shape index (κ1) is 29.4. The van der Waals surface area contributed by atoms with Crippen molar-refractivity contribution in [3.8, 4) is 0 Å². The van der Waals surface area contributed by atoms with Gasteiger partial charge in [0.05, 0.1) is 17.4 Å². The molecule has 1 amide bonds. The molecule has 9 nitrogen and oxygen atoms in total. The summed E-state index contributed by atoms with van der Waals surface area (Å²) in [7, 11) is 1.75. The number of hydrogen-bond donors (Lipinski definition) is 5. The van der Waals surface area contributed by atoms with Gasteiger partial charge in [0, 0.05) is 30.8 Å². The van der Waals surface area contributed by atoms with Crippen molar-refractivity contribution in [2.75, 3.05) is 18.1 Å². The Morgan fingerprint density at radius 1 is 1.05 bits per heavy atom. The van der Waals surface area contributed by atoms with Crippen molar-refractivity contribution in [2.45, 2.75) is 51.3 Å². The number of nitrogen functional groups attached to an aromatic ring is 1. The molecule has 0 unspecified atom stereocenters. The van der Waals surface area contributed by atoms with Crippen LogP contribution in [0.2, 0.25) is 0 Å². The van der Waals surface area contributed by atoms with Gasteiger partial charge in [-0.25, -0.2) is 9.97 Å². The van der Waals surface area contributed by atoms with Crippen LogP contribution in [0.25, 0.3) is 10.8 Å². The number of nitrogens with two attached hydrogens (primary N) is 1. The second-order valence-corrected chi connectivity index (χ2v) is 9.93. The van der Waals surface area contributed by atoms with Crippen LogP contribution < -0.4 is 16.4 Å². The van der Waals surface area contributed by atoms with E-state index in [1.165, 1.54) is 6.33 Å². The Labute approximate surface area is 240 Å². The smallest absolute Gasteiger partial charge is 0.252 e. The second-order valence-electron chi connectivity index (χ2n) is 9.93. The Hall–Kier alpha value is -4.63. The summed E-state index contributed by atoms with van der Waals surface area (Å²) in [6.45, 7) is 2.26. The van der Waals surface area contributed by atoms with Crippen molar-refractivity contribution >= 4 is 40.2 Å². The predicted molar refractivity (Wildman–Crippen MR) is 166 cm³/mol. The zero-order chi connectivity index (χ0) is 29.2. The van der Waals surface area contributed by atoms with Crippen LogP contribution in [0.15, 0.2) is 78.0 Å². The molecule has 6 N–H and O–H groups in total. The van der Waals surface area contributed by atoms with Gasteiger partial charge < -0.3 is 26.5 Å². The summed E-state index contributed by atoms with van der Waals surface area (Å²) in [5.41, 5.74) is 9.10. The minimum Gasteiger partial charge on any atom is -0.393 e. The third-order valence-electron chi connectivity index (χ3n) is 7.15. The maximum atomic E-state index is 12.9. The normalized spacial score (nSPS) is 16.6. The molecule has 1 aliphatic carbocycles. The molecule has 1 heterocycles. The highest BCUT2D eigenvalue weighted by Crippen LogP contribution is 2.26. The van der Waals surface area contributed by atoms with Crippen molar-refractivity contribution in [1.82, 2.24) is 15.3 Å². The minimum absolute atomic E-state index is 0.131. The number of rotatable bonds is 7. The monoisotopic (exact) mass is 551 g/mol. The SMILES string of the molecule is CC=NC.N=C(c1ccc(CNC(=O)c2cccc3ccccc23)cc1)c1c(N)ncnc1NC1CCC(O)CC1. The van der Waals surface area contributed by atoms with Gasteiger partial charge in [-0.2, -0.15) is 0 Å². The molecule has 0 bridgehead atoms. The van der Waals surface area contributed by atoms with Gasteiger partial charge in [-0.15, -0.1) is 0 Å². The van der Waals surface area contributed by atoms with Crippen LogP contribution in [-0.2, 0) is 6.54 Å². The number of aliphatic hydroxyl groups excluding tert-OH is 1. The van der Waals surface area contributed by atoms with Gasteiger partial charge in [-0.3, -0.25) is 10.2 Å². The molecule has 5 rings (SSSR count). The number of nitrogens with one attached hydrogen (secondary N) is 3. The highest BCUT2D eigenvalue weighted by molar-refractivity contribution is 6.16. The number of carbonyl (C=O) groups is 1. The number of nitrogens with zero attached hydrogens (tertiary/aromatic N) is 3. The number of aliphatic imine (C=N–C) groups is 1. The van der Waals surface area contributed by atoms with Crippen molar-refractivity contribution < 1.29 is 9.90 Å². The first-order valence-corrected chi connectivity index (χ1v) is 13.8. The fraction of sp³-hybridized carbons (Fsp3) is 0.281. The highest BCUT2D eigenvalue weighted by Gasteiger charge is 2.23. The predicted octanol–water partition coefficient (Wildman–Crippen LogP) is 4.98. The van der Waals surface area contributed by atoms with Crippen LogP contribution in [0.1, 0.15) is 59.7 Å². The molecular weight excluding hydrogens is 514 g/mol. The summed E-state index contributed by atoms with van der Waals surface area (Å²) in [6, 6.07) is 21.2. The summed E-state index contributed by atoms with van der Waals surface area (Å²) in [5.74, 6) is 0.642. The zero-order valence-electron chi connectivity index (χ0n) is 23.5. The number of anilines is 2. The number of carbonyl (C=O) groups excluding carboxylic acids is 1. The number of fused-ring (bicyclic) bond motifs is 1. The topological polar surface area (TPSA) is 149 Å². The lowest BCUT2D eigenvalue weighted by Crippen LogP contribution is -2.29. The van der Waals surface area contributed by atoms with Gasteiger partial charge in [-0.05, 0) is 61.2 Å². The maximum absolute atomic E-state index is 12.9. The van der Waals surface area contributed by atoms with E-state index in [1.54, 1.807) is 13.3 Å². The Morgan fingerprint density at radius 2 is 1.73 bits per heavy atom. The van der Waals surface area contributed by atoms with Gasteiger partial charge in [-0.1, -0.05) is 60.7 Å². The quantitative estimate of drug-likeness (QED) is 0.205. The fourth-order valence-electron chi connectivity index (χ4n) is 4.80. The van der Waals surface area contributed by atoms with Gasteiger partial charge in [0.15, 0.2) is 0 Å². The number of aliphatic hydroxyl groups is 1. The van der Waals surface area contributed by atoms with E-state index in [9.17, 15) is 9.90 Å². The van der Waals surface area contributed by atoms with E-state index >= 15 is 0 Å². The largest absolute Gasteiger partial charge is 0.393 e. The molecular formula is C32H37N7O2. The van der Waals surface area contributed by atoms with Crippen LogP contribution in [0.3, 0.4) is 0 Å². The van der Waals surface area contributed by atoms with E-state index in [4.69, 9.17) is 11.1 Å². The maximum Gasteiger partial charge on any atom is 0.252 e. The summed E-state index contributed by atoms with van der Waals surface area (Å²) in [6.07, 6.45) is 6.04. The lowest BCUT2D eigenvalue weighted by atomic mass is 9.93. The molecule has 1 fully saturated rings. The van der Waals surface area contributed by atoms with Gasteiger partial charge in [0.25, 0.3) is 5.91 Å². The first-order chi connectivity index (χ1) is 19.9. The Balaban J connectivity index is 0.000000909. The molecule has 41 heavy (non-hydrogen) atoms. The van der Waals surface area contributed by atoms with Crippen LogP contribution in [0.5, 0.6) is 0 Å². The number of aromatic nitrogens is 2. The van der Waals surface area contributed by atoms with Gasteiger partial charge >= 0.3 is 0 Å². The van der Waals surface area contributed by atoms with E-state index in [-0.39, 0.29) is 29.6 Å². The van der Waals surface area contributed by atoms with Crippen molar-refractivity contribution in [1.29, 1.82) is 5.41 Å². The molecule has 0 radical (unpaired) electrons. The molecule has 0 saturated heterocycles. The molecule has 9 heteroatoms. The second kappa shape index (κ2) is 14.1. The van der Waals surface area contributed by atoms with Crippen LogP contribution in [0, 0.1) is 5.41 Å². The molecule has 3 aromatic carbocycles. The third kappa shape index (κ3) is 7.52. The molecule has 0 atom stereocenters. The Morgan fingerprint density at radius 3 is 2.44 bits per heavy atom. The molecule has 0 aliphatic heterocycles. The Kier molecular flexibility index (Phi) is 10.1. The fourth-order valence-corrected chi connectivity index (χ4v) is 4.80. The van der Waals surface area contributed by atoms with E-state index in [0.717, 1.165) is 42.0 Å². The summed E-state index contributed by atoms with van der Waals surface area (Å²) >= 11 is 0. The molecule has 212 valence electrons. The standard InChI is InChI=1S/C29H30N6O2.C3H7N/c30-26(25-27(31)33-17-34-28(25)35-21-12-14-22(36)15-13-21)20-10-8-18(9-11-20)16-32-29(37)24-7-3-5-19-4-1-2-6-23(19)24;1-3-4-2/h1-11,17,21-22,30,36H,12-16H2,(H,32,37)(H3,31,33,34,35);3H,1-2H3. The lowest BCUT2D eigenvalue weighted by Gasteiger charge is -2.27. The van der Waals surface area contributed by atoms with Crippen molar-refractivity contribution in [2.24, 2.45) is 4.99 Å². The zero-order valence-corrected chi connectivity index (χ0v) is 23.5. The van der Waals surface area contributed by atoms with Crippen LogP contribution in [-0.4, -0.2) is 52.1 Å². The summed E-state index contributed by atoms with van der Waals surface area (Å²) in [5, 5.41) is 27.0.